The average Bonchev–Trinajstić information content (AvgIpc) is 2.73. The molecule has 0 radical (unpaired) electrons. The zero-order chi connectivity index (χ0) is 20.4. The van der Waals surface area contributed by atoms with Gasteiger partial charge in [0.1, 0.15) is 29.4 Å². The Morgan fingerprint density at radius 2 is 1.76 bits per heavy atom. The molecule has 0 atom stereocenters. The molecule has 0 aliphatic rings. The summed E-state index contributed by atoms with van der Waals surface area (Å²) in [6.07, 6.45) is 0. The van der Waals surface area contributed by atoms with Crippen LogP contribution in [0, 0.1) is 6.92 Å². The highest BCUT2D eigenvalue weighted by molar-refractivity contribution is 9.10. The fourth-order valence-corrected chi connectivity index (χ4v) is 3.52. The molecule has 4 nitrogen and oxygen atoms in total. The molecule has 29 heavy (non-hydrogen) atoms. The van der Waals surface area contributed by atoms with E-state index in [4.69, 9.17) is 13.9 Å². The van der Waals surface area contributed by atoms with Crippen molar-refractivity contribution in [3.05, 3.63) is 92.7 Å². The monoisotopic (exact) mass is 450 g/mol. The molecule has 4 rings (SSSR count). The molecular formula is C24H19BrO4. The molecule has 1 heterocycles. The van der Waals surface area contributed by atoms with Crippen molar-refractivity contribution < 1.29 is 13.9 Å². The van der Waals surface area contributed by atoms with Crippen LogP contribution < -0.4 is 14.9 Å². The first kappa shape index (κ1) is 19.3. The molecule has 5 heteroatoms. The minimum atomic E-state index is -0.0505. The molecule has 0 N–H and O–H groups in total. The second-order valence-corrected chi connectivity index (χ2v) is 7.58. The van der Waals surface area contributed by atoms with Crippen molar-refractivity contribution >= 4 is 26.9 Å². The zero-order valence-corrected chi connectivity index (χ0v) is 17.7. The molecule has 0 aliphatic heterocycles. The maximum atomic E-state index is 13.1. The summed E-state index contributed by atoms with van der Waals surface area (Å²) in [5, 5.41) is 0.530. The smallest absolute Gasteiger partial charge is 0.200 e. The highest BCUT2D eigenvalue weighted by atomic mass is 79.9. The largest absolute Gasteiger partial charge is 0.497 e. The first-order valence-electron chi connectivity index (χ1n) is 9.14. The minimum Gasteiger partial charge on any atom is -0.497 e. The van der Waals surface area contributed by atoms with Crippen molar-refractivity contribution in [3.63, 3.8) is 0 Å². The standard InChI is InChI=1S/C24H19BrO4/c1-15-23(17-6-8-18(25)9-7-17)24(26)21-11-10-20(13-22(21)29-15)28-14-16-4-3-5-19(12-16)27-2/h3-13H,14H2,1-2H3. The van der Waals surface area contributed by atoms with Crippen LogP contribution in [0.25, 0.3) is 22.1 Å². The Hall–Kier alpha value is -3.05. The Morgan fingerprint density at radius 3 is 2.52 bits per heavy atom. The van der Waals surface area contributed by atoms with Crippen molar-refractivity contribution in [1.82, 2.24) is 0 Å². The van der Waals surface area contributed by atoms with Crippen molar-refractivity contribution in [2.75, 3.05) is 7.11 Å². The molecule has 1 aromatic heterocycles. The lowest BCUT2D eigenvalue weighted by molar-refractivity contribution is 0.305. The summed E-state index contributed by atoms with van der Waals surface area (Å²) in [5.74, 6) is 2.00. The first-order chi connectivity index (χ1) is 14.0. The molecule has 0 bridgehead atoms. The van der Waals surface area contributed by atoms with E-state index >= 15 is 0 Å². The molecule has 0 aliphatic carbocycles. The van der Waals surface area contributed by atoms with Crippen LogP contribution in [0.4, 0.5) is 0 Å². The molecule has 0 unspecified atom stereocenters. The van der Waals surface area contributed by atoms with Gasteiger partial charge in [0.05, 0.1) is 18.1 Å². The van der Waals surface area contributed by atoms with Crippen LogP contribution in [0.5, 0.6) is 11.5 Å². The van der Waals surface area contributed by atoms with Gasteiger partial charge in [-0.3, -0.25) is 4.79 Å². The molecule has 0 spiro atoms. The van der Waals surface area contributed by atoms with Gasteiger partial charge >= 0.3 is 0 Å². The lowest BCUT2D eigenvalue weighted by atomic mass is 10.0. The third-order valence-electron chi connectivity index (χ3n) is 4.71. The summed E-state index contributed by atoms with van der Waals surface area (Å²) in [6.45, 7) is 2.20. The van der Waals surface area contributed by atoms with Crippen molar-refractivity contribution in [1.29, 1.82) is 0 Å². The molecule has 0 saturated heterocycles. The van der Waals surface area contributed by atoms with Gasteiger partial charge in [-0.2, -0.15) is 0 Å². The predicted molar refractivity (Wildman–Crippen MR) is 118 cm³/mol. The number of benzene rings is 3. The van der Waals surface area contributed by atoms with Gasteiger partial charge in [0, 0.05) is 10.5 Å². The summed E-state index contributed by atoms with van der Waals surface area (Å²) in [6, 6.07) is 20.6. The van der Waals surface area contributed by atoms with Crippen LogP contribution >= 0.6 is 15.9 Å². The molecule has 4 aromatic rings. The first-order valence-corrected chi connectivity index (χ1v) is 9.93. The number of aryl methyl sites for hydroxylation is 1. The van der Waals surface area contributed by atoms with E-state index in [1.165, 1.54) is 0 Å². The van der Waals surface area contributed by atoms with Crippen LogP contribution in [-0.4, -0.2) is 7.11 Å². The summed E-state index contributed by atoms with van der Waals surface area (Å²) in [4.78, 5) is 13.1. The van der Waals surface area contributed by atoms with Gasteiger partial charge in [0.25, 0.3) is 0 Å². The number of hydrogen-bond donors (Lipinski definition) is 0. The summed E-state index contributed by atoms with van der Waals surface area (Å²) < 4.78 is 18.1. The van der Waals surface area contributed by atoms with Crippen molar-refractivity contribution in [2.45, 2.75) is 13.5 Å². The number of halogens is 1. The SMILES string of the molecule is COc1cccc(COc2ccc3c(=O)c(-c4ccc(Br)cc4)c(C)oc3c2)c1. The quantitative estimate of drug-likeness (QED) is 0.367. The van der Waals surface area contributed by atoms with Crippen molar-refractivity contribution in [3.8, 4) is 22.6 Å². The van der Waals surface area contributed by atoms with Crippen molar-refractivity contribution in [2.24, 2.45) is 0 Å². The maximum absolute atomic E-state index is 13.1. The van der Waals surface area contributed by atoms with Gasteiger partial charge in [-0.15, -0.1) is 0 Å². The normalized spacial score (nSPS) is 10.9. The van der Waals surface area contributed by atoms with Crippen LogP contribution in [0.3, 0.4) is 0 Å². The van der Waals surface area contributed by atoms with Gasteiger partial charge in [0.15, 0.2) is 0 Å². The number of ether oxygens (including phenoxy) is 2. The topological polar surface area (TPSA) is 48.7 Å². The Balaban J connectivity index is 1.65. The van der Waals surface area contributed by atoms with Gasteiger partial charge < -0.3 is 13.9 Å². The highest BCUT2D eigenvalue weighted by Gasteiger charge is 2.14. The van der Waals surface area contributed by atoms with E-state index in [-0.39, 0.29) is 5.43 Å². The van der Waals surface area contributed by atoms with Gasteiger partial charge in [-0.25, -0.2) is 0 Å². The Bertz CT molecular complexity index is 1230. The Morgan fingerprint density at radius 1 is 0.966 bits per heavy atom. The lowest BCUT2D eigenvalue weighted by Crippen LogP contribution is -2.07. The number of hydrogen-bond acceptors (Lipinski definition) is 4. The minimum absolute atomic E-state index is 0.0505. The van der Waals surface area contributed by atoms with Crippen LogP contribution in [0.1, 0.15) is 11.3 Å². The number of methoxy groups -OCH3 is 1. The molecular weight excluding hydrogens is 432 g/mol. The maximum Gasteiger partial charge on any atom is 0.200 e. The van der Waals surface area contributed by atoms with Crippen LogP contribution in [-0.2, 0) is 6.61 Å². The Kier molecular flexibility index (Phi) is 5.41. The molecule has 0 fully saturated rings. The lowest BCUT2D eigenvalue weighted by Gasteiger charge is -2.10. The highest BCUT2D eigenvalue weighted by Crippen LogP contribution is 2.27. The van der Waals surface area contributed by atoms with Crippen LogP contribution in [0.2, 0.25) is 0 Å². The second kappa shape index (κ2) is 8.13. The average molecular weight is 451 g/mol. The molecule has 3 aromatic carbocycles. The van der Waals surface area contributed by atoms with E-state index in [9.17, 15) is 4.79 Å². The fraction of sp³-hybridized carbons (Fsp3) is 0.125. The van der Waals surface area contributed by atoms with E-state index in [1.807, 2.05) is 55.5 Å². The second-order valence-electron chi connectivity index (χ2n) is 6.67. The molecule has 0 saturated carbocycles. The van der Waals surface area contributed by atoms with Gasteiger partial charge in [-0.1, -0.05) is 40.2 Å². The number of rotatable bonds is 5. The van der Waals surface area contributed by atoms with Crippen LogP contribution in [0.15, 0.2) is 80.4 Å². The fourth-order valence-electron chi connectivity index (χ4n) is 3.25. The zero-order valence-electron chi connectivity index (χ0n) is 16.1. The number of fused-ring (bicyclic) bond motifs is 1. The third-order valence-corrected chi connectivity index (χ3v) is 5.24. The van der Waals surface area contributed by atoms with Gasteiger partial charge in [0.2, 0.25) is 5.43 Å². The summed E-state index contributed by atoms with van der Waals surface area (Å²) in [5.41, 5.74) is 2.87. The van der Waals surface area contributed by atoms with E-state index in [0.717, 1.165) is 21.3 Å². The van der Waals surface area contributed by atoms with E-state index in [2.05, 4.69) is 15.9 Å². The van der Waals surface area contributed by atoms with E-state index < -0.39 is 0 Å². The predicted octanol–water partition coefficient (Wildman–Crippen LogP) is 6.12. The van der Waals surface area contributed by atoms with Gasteiger partial charge in [-0.05, 0) is 54.4 Å². The molecule has 0 amide bonds. The van der Waals surface area contributed by atoms with E-state index in [0.29, 0.717) is 34.6 Å². The molecule has 146 valence electrons. The Labute approximate surface area is 176 Å². The third kappa shape index (κ3) is 4.05. The summed E-state index contributed by atoms with van der Waals surface area (Å²) >= 11 is 3.42. The summed E-state index contributed by atoms with van der Waals surface area (Å²) in [7, 11) is 1.64. The van der Waals surface area contributed by atoms with E-state index in [1.54, 1.807) is 25.3 Å².